The quantitative estimate of drug-likeness (QED) is 0.256. The van der Waals surface area contributed by atoms with E-state index in [2.05, 4.69) is 19.3 Å². The normalized spacial score (nSPS) is 15.0. The Kier molecular flexibility index (Phi) is 9.07. The van der Waals surface area contributed by atoms with Crippen molar-refractivity contribution < 1.29 is 40.6 Å². The first-order valence-corrected chi connectivity index (χ1v) is 15.4. The third kappa shape index (κ3) is 7.07. The van der Waals surface area contributed by atoms with Crippen molar-refractivity contribution >= 4 is 32.5 Å². The van der Waals surface area contributed by atoms with Gasteiger partial charge in [-0.3, -0.25) is 19.4 Å². The summed E-state index contributed by atoms with van der Waals surface area (Å²) in [6.07, 6.45) is -3.73. The molecule has 0 saturated carbocycles. The van der Waals surface area contributed by atoms with Gasteiger partial charge in [0, 0.05) is 61.0 Å². The molecule has 1 fully saturated rings. The van der Waals surface area contributed by atoms with Crippen LogP contribution in [-0.2, 0) is 10.0 Å². The third-order valence-electron chi connectivity index (χ3n) is 7.62. The number of pyridine rings is 1. The van der Waals surface area contributed by atoms with Crippen LogP contribution in [-0.4, -0.2) is 75.9 Å². The van der Waals surface area contributed by atoms with E-state index in [1.807, 2.05) is 19.1 Å². The van der Waals surface area contributed by atoms with Crippen LogP contribution in [0.3, 0.4) is 0 Å². The van der Waals surface area contributed by atoms with Gasteiger partial charge in [0.2, 0.25) is 0 Å². The molecule has 1 unspecified atom stereocenters. The molecular formula is C31H31F3N4O6S. The fraction of sp³-hybridized carbons (Fsp3) is 0.290. The number of para-hydroxylation sites is 1. The van der Waals surface area contributed by atoms with E-state index in [0.29, 0.717) is 43.1 Å². The van der Waals surface area contributed by atoms with Gasteiger partial charge >= 0.3 is 6.36 Å². The van der Waals surface area contributed by atoms with Crippen LogP contribution < -0.4 is 18.9 Å². The van der Waals surface area contributed by atoms with Crippen molar-refractivity contribution in [2.75, 3.05) is 45.1 Å². The Hall–Kier alpha value is -4.56. The fourth-order valence-electron chi connectivity index (χ4n) is 5.30. The molecule has 0 spiro atoms. The summed E-state index contributed by atoms with van der Waals surface area (Å²) in [5.74, 6) is -0.0329. The van der Waals surface area contributed by atoms with Gasteiger partial charge < -0.3 is 19.1 Å². The summed E-state index contributed by atoms with van der Waals surface area (Å²) in [5.41, 5.74) is 0.534. The van der Waals surface area contributed by atoms with Gasteiger partial charge in [-0.2, -0.15) is 0 Å². The second-order valence-electron chi connectivity index (χ2n) is 10.3. The molecule has 0 bridgehead atoms. The van der Waals surface area contributed by atoms with Crippen LogP contribution in [0.2, 0.25) is 0 Å². The van der Waals surface area contributed by atoms with Crippen molar-refractivity contribution in [2.45, 2.75) is 24.2 Å². The molecule has 4 aromatic rings. The zero-order valence-electron chi connectivity index (χ0n) is 24.7. The van der Waals surface area contributed by atoms with Gasteiger partial charge in [-0.25, -0.2) is 8.42 Å². The van der Waals surface area contributed by atoms with E-state index in [1.54, 1.807) is 38.5 Å². The molecule has 14 heteroatoms. The molecule has 1 aromatic heterocycles. The largest absolute Gasteiger partial charge is 0.573 e. The predicted octanol–water partition coefficient (Wildman–Crippen LogP) is 5.47. The van der Waals surface area contributed by atoms with Crippen LogP contribution in [0, 0.1) is 0 Å². The van der Waals surface area contributed by atoms with E-state index < -0.39 is 33.7 Å². The van der Waals surface area contributed by atoms with Crippen molar-refractivity contribution in [3.63, 3.8) is 0 Å². The number of rotatable bonds is 9. The molecule has 5 rings (SSSR count). The smallest absolute Gasteiger partial charge is 0.497 e. The fourth-order valence-corrected chi connectivity index (χ4v) is 6.55. The SMILES string of the molecule is COc1ccc(C(C)N2CCN(C(=O)c3ccc(NS(=O)(=O)c4cccc5cccnc45)c(OC(F)(F)F)c3)CC2)c(OC)c1. The number of ether oxygens (including phenoxy) is 3. The predicted molar refractivity (Wildman–Crippen MR) is 161 cm³/mol. The van der Waals surface area contributed by atoms with Crippen LogP contribution >= 0.6 is 0 Å². The Balaban J connectivity index is 1.34. The lowest BCUT2D eigenvalue weighted by atomic mass is 10.0. The summed E-state index contributed by atoms with van der Waals surface area (Å²) in [6, 6.07) is 16.5. The number of halogens is 3. The molecule has 238 valence electrons. The number of carbonyl (C=O) groups is 1. The van der Waals surface area contributed by atoms with Gasteiger partial charge in [0.15, 0.2) is 5.75 Å². The molecule has 0 radical (unpaired) electrons. The molecule has 1 aliphatic rings. The number of hydrogen-bond acceptors (Lipinski definition) is 8. The molecule has 2 heterocycles. The summed E-state index contributed by atoms with van der Waals surface area (Å²) >= 11 is 0. The minimum absolute atomic E-state index is 0.0425. The highest BCUT2D eigenvalue weighted by Gasteiger charge is 2.34. The zero-order valence-corrected chi connectivity index (χ0v) is 25.5. The molecule has 1 atom stereocenters. The number of fused-ring (bicyclic) bond motifs is 1. The van der Waals surface area contributed by atoms with Crippen molar-refractivity contribution in [3.8, 4) is 17.2 Å². The second kappa shape index (κ2) is 12.8. The summed E-state index contributed by atoms with van der Waals surface area (Å²) < 4.78 is 83.9. The van der Waals surface area contributed by atoms with Gasteiger partial charge in [-0.15, -0.1) is 13.2 Å². The van der Waals surface area contributed by atoms with E-state index in [0.717, 1.165) is 17.7 Å². The first kappa shape index (κ1) is 31.9. The van der Waals surface area contributed by atoms with E-state index in [9.17, 15) is 26.4 Å². The Morgan fingerprint density at radius 3 is 2.36 bits per heavy atom. The van der Waals surface area contributed by atoms with Crippen molar-refractivity contribution in [1.82, 2.24) is 14.8 Å². The molecule has 1 amide bonds. The number of alkyl halides is 3. The minimum Gasteiger partial charge on any atom is -0.497 e. The second-order valence-corrected chi connectivity index (χ2v) is 12.0. The number of aromatic nitrogens is 1. The number of nitrogens with one attached hydrogen (secondary N) is 1. The number of amides is 1. The van der Waals surface area contributed by atoms with E-state index in [-0.39, 0.29) is 22.0 Å². The lowest BCUT2D eigenvalue weighted by Gasteiger charge is -2.38. The average molecular weight is 645 g/mol. The first-order valence-electron chi connectivity index (χ1n) is 13.9. The van der Waals surface area contributed by atoms with Crippen molar-refractivity contribution in [1.29, 1.82) is 0 Å². The maximum Gasteiger partial charge on any atom is 0.573 e. The highest BCUT2D eigenvalue weighted by molar-refractivity contribution is 7.93. The maximum absolute atomic E-state index is 13.4. The van der Waals surface area contributed by atoms with Gasteiger partial charge in [0.05, 0.1) is 25.4 Å². The number of anilines is 1. The molecule has 10 nitrogen and oxygen atoms in total. The Morgan fingerprint density at radius 1 is 0.933 bits per heavy atom. The summed E-state index contributed by atoms with van der Waals surface area (Å²) in [4.78, 5) is 21.0. The van der Waals surface area contributed by atoms with E-state index >= 15 is 0 Å². The van der Waals surface area contributed by atoms with Gasteiger partial charge in [0.1, 0.15) is 16.4 Å². The minimum atomic E-state index is -5.15. The Labute approximate surface area is 258 Å². The molecule has 0 aliphatic carbocycles. The van der Waals surface area contributed by atoms with Crippen molar-refractivity contribution in [3.05, 3.63) is 84.1 Å². The average Bonchev–Trinajstić information content (AvgIpc) is 3.03. The number of methoxy groups -OCH3 is 2. The number of hydrogen-bond donors (Lipinski definition) is 1. The molecule has 45 heavy (non-hydrogen) atoms. The number of carbonyl (C=O) groups excluding carboxylic acids is 1. The van der Waals surface area contributed by atoms with Crippen molar-refractivity contribution in [2.24, 2.45) is 0 Å². The van der Waals surface area contributed by atoms with Crippen LogP contribution in [0.15, 0.2) is 77.8 Å². The Morgan fingerprint density at radius 2 is 1.67 bits per heavy atom. The van der Waals surface area contributed by atoms with Crippen LogP contribution in [0.5, 0.6) is 17.2 Å². The van der Waals surface area contributed by atoms with Gasteiger partial charge in [-0.05, 0) is 43.3 Å². The lowest BCUT2D eigenvalue weighted by Crippen LogP contribution is -2.49. The standard InChI is InChI=1S/C31H31F3N4O6S/c1-20(24-11-10-23(42-2)19-26(24)43-3)37-14-16-38(17-15-37)30(39)22-9-12-25(27(18-22)44-31(32,33)34)36-45(40,41)28-8-4-6-21-7-5-13-35-29(21)28/h4-13,18-20,36H,14-17H2,1-3H3. The van der Waals surface area contributed by atoms with E-state index in [1.165, 1.54) is 29.3 Å². The Bertz CT molecular complexity index is 1810. The lowest BCUT2D eigenvalue weighted by molar-refractivity contribution is -0.274. The summed E-state index contributed by atoms with van der Waals surface area (Å²) in [6.45, 7) is 3.67. The maximum atomic E-state index is 13.4. The van der Waals surface area contributed by atoms with Crippen LogP contribution in [0.1, 0.15) is 28.9 Å². The number of benzene rings is 3. The number of sulfonamides is 1. The highest BCUT2D eigenvalue weighted by atomic mass is 32.2. The third-order valence-corrected chi connectivity index (χ3v) is 9.02. The molecule has 1 saturated heterocycles. The van der Waals surface area contributed by atoms with Crippen LogP contribution in [0.25, 0.3) is 10.9 Å². The number of nitrogens with zero attached hydrogens (tertiary/aromatic N) is 3. The van der Waals surface area contributed by atoms with Gasteiger partial charge in [-0.1, -0.05) is 24.3 Å². The molecule has 3 aromatic carbocycles. The zero-order chi connectivity index (χ0) is 32.4. The summed E-state index contributed by atoms with van der Waals surface area (Å²) in [5, 5.41) is 0.533. The molecule has 1 aliphatic heterocycles. The molecular weight excluding hydrogens is 613 g/mol. The highest BCUT2D eigenvalue weighted by Crippen LogP contribution is 2.35. The monoisotopic (exact) mass is 644 g/mol. The first-order chi connectivity index (χ1) is 21.4. The van der Waals surface area contributed by atoms with Crippen LogP contribution in [0.4, 0.5) is 18.9 Å². The number of piperazine rings is 1. The topological polar surface area (TPSA) is 110 Å². The summed E-state index contributed by atoms with van der Waals surface area (Å²) in [7, 11) is -1.24. The van der Waals surface area contributed by atoms with Gasteiger partial charge in [0.25, 0.3) is 15.9 Å². The molecule has 1 N–H and O–H groups in total. The van der Waals surface area contributed by atoms with E-state index in [4.69, 9.17) is 9.47 Å².